The molecule has 0 atom stereocenters. The second kappa shape index (κ2) is 8.02. The first kappa shape index (κ1) is 19.1. The maximum atomic E-state index is 12.7. The molecule has 146 valence electrons. The number of aryl methyl sites for hydroxylation is 1. The predicted molar refractivity (Wildman–Crippen MR) is 115 cm³/mol. The first-order valence-corrected chi connectivity index (χ1v) is 9.52. The van der Waals surface area contributed by atoms with E-state index in [0.29, 0.717) is 28.5 Å². The van der Waals surface area contributed by atoms with Gasteiger partial charge in [-0.05, 0) is 60.0 Å². The van der Waals surface area contributed by atoms with Crippen LogP contribution < -0.4 is 15.1 Å². The molecule has 1 heterocycles. The van der Waals surface area contributed by atoms with E-state index in [1.807, 2.05) is 67.6 Å². The molecule has 4 rings (SSSR count). The molecule has 5 heteroatoms. The van der Waals surface area contributed by atoms with Crippen molar-refractivity contribution < 1.29 is 13.9 Å². The molecule has 0 radical (unpaired) electrons. The van der Waals surface area contributed by atoms with Crippen molar-refractivity contribution in [2.24, 2.45) is 0 Å². The molecule has 0 aliphatic rings. The molecule has 4 nitrogen and oxygen atoms in total. The second-order valence-electron chi connectivity index (χ2n) is 6.69. The second-order valence-corrected chi connectivity index (χ2v) is 7.13. The van der Waals surface area contributed by atoms with E-state index in [-0.39, 0.29) is 5.63 Å². The van der Waals surface area contributed by atoms with Gasteiger partial charge >= 0.3 is 5.63 Å². The molecule has 0 amide bonds. The Labute approximate surface area is 173 Å². The number of fused-ring (bicyclic) bond motifs is 1. The Kier molecular flexibility index (Phi) is 5.28. The summed E-state index contributed by atoms with van der Waals surface area (Å²) in [7, 11) is 1.61. The van der Waals surface area contributed by atoms with E-state index < -0.39 is 0 Å². The third-order valence-corrected chi connectivity index (χ3v) is 5.05. The lowest BCUT2D eigenvalue weighted by Gasteiger charge is -2.11. The monoisotopic (exact) mass is 406 g/mol. The van der Waals surface area contributed by atoms with Crippen molar-refractivity contribution in [1.29, 1.82) is 0 Å². The Bertz CT molecular complexity index is 1230. The van der Waals surface area contributed by atoms with Crippen molar-refractivity contribution in [2.45, 2.75) is 13.5 Å². The summed E-state index contributed by atoms with van der Waals surface area (Å²) in [5.74, 6) is 1.36. The van der Waals surface area contributed by atoms with Gasteiger partial charge in [-0.25, -0.2) is 4.79 Å². The predicted octanol–water partition coefficient (Wildman–Crippen LogP) is 6.01. The van der Waals surface area contributed by atoms with E-state index >= 15 is 0 Å². The zero-order valence-electron chi connectivity index (χ0n) is 16.1. The van der Waals surface area contributed by atoms with Crippen LogP contribution in [0.5, 0.6) is 11.5 Å². The van der Waals surface area contributed by atoms with E-state index in [1.165, 1.54) is 0 Å². The first-order chi connectivity index (χ1) is 14.0. The number of hydrogen-bond donors (Lipinski definition) is 0. The van der Waals surface area contributed by atoms with E-state index in [2.05, 4.69) is 0 Å². The van der Waals surface area contributed by atoms with Gasteiger partial charge in [-0.15, -0.1) is 0 Å². The summed E-state index contributed by atoms with van der Waals surface area (Å²) < 4.78 is 16.6. The zero-order valence-corrected chi connectivity index (χ0v) is 16.8. The van der Waals surface area contributed by atoms with Crippen LogP contribution in [0, 0.1) is 6.92 Å². The molecule has 0 N–H and O–H groups in total. The topological polar surface area (TPSA) is 48.7 Å². The fourth-order valence-electron chi connectivity index (χ4n) is 3.31. The summed E-state index contributed by atoms with van der Waals surface area (Å²) in [6.07, 6.45) is 0. The summed E-state index contributed by atoms with van der Waals surface area (Å²) in [5.41, 5.74) is 3.28. The summed E-state index contributed by atoms with van der Waals surface area (Å²) >= 11 is 6.01. The number of hydrogen-bond acceptors (Lipinski definition) is 4. The van der Waals surface area contributed by atoms with Gasteiger partial charge in [0.15, 0.2) is 0 Å². The third kappa shape index (κ3) is 3.98. The quantitative estimate of drug-likeness (QED) is 0.381. The molecule has 0 saturated carbocycles. The molecule has 0 fully saturated rings. The minimum absolute atomic E-state index is 0.374. The normalized spacial score (nSPS) is 10.9. The molecule has 0 bridgehead atoms. The number of rotatable bonds is 5. The van der Waals surface area contributed by atoms with Crippen LogP contribution in [0.25, 0.3) is 22.1 Å². The van der Waals surface area contributed by atoms with Crippen LogP contribution in [0.4, 0.5) is 0 Å². The van der Waals surface area contributed by atoms with Crippen molar-refractivity contribution in [3.63, 3.8) is 0 Å². The molecule has 29 heavy (non-hydrogen) atoms. The van der Waals surface area contributed by atoms with Gasteiger partial charge in [0.05, 0.1) is 12.7 Å². The SMILES string of the molecule is COc1ccc(-c2c(C)c3ccc(OCc4cccc(Cl)c4)cc3oc2=O)cc1. The standard InChI is InChI=1S/C24H19ClO4/c1-15-21-11-10-20(28-14-16-4-3-5-18(25)12-16)13-22(21)29-24(26)23(15)17-6-8-19(27-2)9-7-17/h3-13H,14H2,1-2H3. The summed E-state index contributed by atoms with van der Waals surface area (Å²) in [5, 5.41) is 1.53. The third-order valence-electron chi connectivity index (χ3n) is 4.81. The maximum absolute atomic E-state index is 12.7. The Morgan fingerprint density at radius 2 is 1.72 bits per heavy atom. The minimum Gasteiger partial charge on any atom is -0.497 e. The summed E-state index contributed by atoms with van der Waals surface area (Å²) in [4.78, 5) is 12.7. The van der Waals surface area contributed by atoms with Gasteiger partial charge in [-0.3, -0.25) is 0 Å². The van der Waals surface area contributed by atoms with E-state index in [1.54, 1.807) is 13.2 Å². The molecule has 0 spiro atoms. The first-order valence-electron chi connectivity index (χ1n) is 9.14. The number of ether oxygens (including phenoxy) is 2. The number of benzene rings is 3. The van der Waals surface area contributed by atoms with Crippen molar-refractivity contribution in [2.75, 3.05) is 7.11 Å². The van der Waals surface area contributed by atoms with Crippen LogP contribution in [0.1, 0.15) is 11.1 Å². The van der Waals surface area contributed by atoms with Crippen molar-refractivity contribution in [3.05, 3.63) is 93.3 Å². The Balaban J connectivity index is 1.66. The van der Waals surface area contributed by atoms with Gasteiger partial charge in [-0.1, -0.05) is 35.9 Å². The smallest absolute Gasteiger partial charge is 0.344 e. The van der Waals surface area contributed by atoms with Crippen LogP contribution >= 0.6 is 11.6 Å². The van der Waals surface area contributed by atoms with E-state index in [9.17, 15) is 4.79 Å². The van der Waals surface area contributed by atoms with Gasteiger partial charge in [-0.2, -0.15) is 0 Å². The average Bonchev–Trinajstić information content (AvgIpc) is 2.72. The highest BCUT2D eigenvalue weighted by Crippen LogP contribution is 2.30. The van der Waals surface area contributed by atoms with Crippen LogP contribution in [0.2, 0.25) is 5.02 Å². The fraction of sp³-hybridized carbons (Fsp3) is 0.125. The number of methoxy groups -OCH3 is 1. The van der Waals surface area contributed by atoms with E-state index in [0.717, 1.165) is 27.8 Å². The highest BCUT2D eigenvalue weighted by atomic mass is 35.5. The molecule has 0 unspecified atom stereocenters. The summed E-state index contributed by atoms with van der Waals surface area (Å²) in [6.45, 7) is 2.30. The van der Waals surface area contributed by atoms with Gasteiger partial charge in [0, 0.05) is 16.5 Å². The summed E-state index contributed by atoms with van der Waals surface area (Å²) in [6, 6.07) is 20.4. The molecule has 0 saturated heterocycles. The van der Waals surface area contributed by atoms with Crippen LogP contribution in [0.15, 0.2) is 75.9 Å². The molecule has 3 aromatic carbocycles. The van der Waals surface area contributed by atoms with Gasteiger partial charge in [0.1, 0.15) is 23.7 Å². The molecule has 4 aromatic rings. The Morgan fingerprint density at radius 3 is 2.45 bits per heavy atom. The fourth-order valence-corrected chi connectivity index (χ4v) is 3.52. The molecule has 0 aliphatic heterocycles. The van der Waals surface area contributed by atoms with Crippen LogP contribution in [-0.2, 0) is 6.61 Å². The van der Waals surface area contributed by atoms with Crippen molar-refractivity contribution in [1.82, 2.24) is 0 Å². The van der Waals surface area contributed by atoms with Gasteiger partial charge < -0.3 is 13.9 Å². The van der Waals surface area contributed by atoms with Crippen molar-refractivity contribution >= 4 is 22.6 Å². The zero-order chi connectivity index (χ0) is 20.4. The van der Waals surface area contributed by atoms with Crippen LogP contribution in [0.3, 0.4) is 0 Å². The van der Waals surface area contributed by atoms with Gasteiger partial charge in [0.2, 0.25) is 0 Å². The number of halogens is 1. The maximum Gasteiger partial charge on any atom is 0.344 e. The van der Waals surface area contributed by atoms with Crippen LogP contribution in [-0.4, -0.2) is 7.11 Å². The lowest BCUT2D eigenvalue weighted by Crippen LogP contribution is -2.06. The highest BCUT2D eigenvalue weighted by Gasteiger charge is 2.14. The molecular weight excluding hydrogens is 388 g/mol. The largest absolute Gasteiger partial charge is 0.497 e. The van der Waals surface area contributed by atoms with Crippen molar-refractivity contribution in [3.8, 4) is 22.6 Å². The Morgan fingerprint density at radius 1 is 0.966 bits per heavy atom. The van der Waals surface area contributed by atoms with E-state index in [4.69, 9.17) is 25.5 Å². The molecule has 1 aromatic heterocycles. The average molecular weight is 407 g/mol. The lowest BCUT2D eigenvalue weighted by molar-refractivity contribution is 0.306. The van der Waals surface area contributed by atoms with Gasteiger partial charge in [0.25, 0.3) is 0 Å². The highest BCUT2D eigenvalue weighted by molar-refractivity contribution is 6.30. The Hall–Kier alpha value is -3.24. The molecular formula is C24H19ClO4. The molecule has 0 aliphatic carbocycles. The lowest BCUT2D eigenvalue weighted by atomic mass is 9.99. The minimum atomic E-state index is -0.382.